The second-order valence-electron chi connectivity index (χ2n) is 6.47. The molecule has 0 amide bonds. The molecular formula is C17H25NO3. The lowest BCUT2D eigenvalue weighted by Gasteiger charge is -2.22. The highest BCUT2D eigenvalue weighted by Crippen LogP contribution is 2.38. The van der Waals surface area contributed by atoms with E-state index >= 15 is 0 Å². The van der Waals surface area contributed by atoms with Crippen molar-refractivity contribution in [2.24, 2.45) is 0 Å². The van der Waals surface area contributed by atoms with Crippen LogP contribution in [0.25, 0.3) is 0 Å². The first-order valence-electron chi connectivity index (χ1n) is 7.30. The molecule has 0 radical (unpaired) electrons. The number of ether oxygens (including phenoxy) is 3. The first-order chi connectivity index (χ1) is 9.85. The molecule has 0 fully saturated rings. The normalized spacial score (nSPS) is 13.3. The molecule has 0 bridgehead atoms. The Kier molecular flexibility index (Phi) is 4.78. The average molecular weight is 291 g/mol. The molecule has 1 aliphatic rings. The summed E-state index contributed by atoms with van der Waals surface area (Å²) in [6, 6.07) is 3.91. The molecule has 0 aromatic heterocycles. The molecule has 1 aromatic rings. The Morgan fingerprint density at radius 3 is 2.57 bits per heavy atom. The zero-order valence-corrected chi connectivity index (χ0v) is 13.4. The largest absolute Gasteiger partial charge is 0.493 e. The van der Waals surface area contributed by atoms with Gasteiger partial charge in [-0.15, -0.1) is 6.58 Å². The molecule has 2 rings (SSSR count). The van der Waals surface area contributed by atoms with Crippen LogP contribution in [0.1, 0.15) is 39.7 Å². The number of rotatable bonds is 6. The van der Waals surface area contributed by atoms with Crippen molar-refractivity contribution in [2.45, 2.75) is 46.2 Å². The Balaban J connectivity index is 2.13. The second kappa shape index (κ2) is 6.39. The quantitative estimate of drug-likeness (QED) is 0.812. The van der Waals surface area contributed by atoms with Crippen molar-refractivity contribution < 1.29 is 14.2 Å². The van der Waals surface area contributed by atoms with Gasteiger partial charge in [-0.3, -0.25) is 0 Å². The molecule has 1 aliphatic heterocycles. The van der Waals surface area contributed by atoms with Gasteiger partial charge in [0.25, 0.3) is 0 Å². The van der Waals surface area contributed by atoms with Crippen LogP contribution in [0.4, 0.5) is 0 Å². The van der Waals surface area contributed by atoms with Gasteiger partial charge in [0.2, 0.25) is 6.79 Å². The maximum Gasteiger partial charge on any atom is 0.231 e. The van der Waals surface area contributed by atoms with E-state index in [0.717, 1.165) is 41.4 Å². The molecule has 0 unspecified atom stereocenters. The first-order valence-corrected chi connectivity index (χ1v) is 7.30. The molecule has 116 valence electrons. The van der Waals surface area contributed by atoms with E-state index in [9.17, 15) is 0 Å². The maximum absolute atomic E-state index is 5.90. The molecule has 1 aromatic carbocycles. The summed E-state index contributed by atoms with van der Waals surface area (Å²) in [5.41, 5.74) is 2.24. The van der Waals surface area contributed by atoms with Crippen LogP contribution in [-0.2, 0) is 6.54 Å². The lowest BCUT2D eigenvalue weighted by Crippen LogP contribution is -2.35. The van der Waals surface area contributed by atoms with Gasteiger partial charge in [-0.2, -0.15) is 0 Å². The molecule has 21 heavy (non-hydrogen) atoms. The third kappa shape index (κ3) is 4.67. The Morgan fingerprint density at radius 2 is 1.95 bits per heavy atom. The third-order valence-corrected chi connectivity index (χ3v) is 3.15. The highest BCUT2D eigenvalue weighted by atomic mass is 16.7. The maximum atomic E-state index is 5.90. The first kappa shape index (κ1) is 15.7. The molecule has 0 aliphatic carbocycles. The molecular weight excluding hydrogens is 266 g/mol. The van der Waals surface area contributed by atoms with Gasteiger partial charge in [-0.25, -0.2) is 0 Å². The lowest BCUT2D eigenvalue weighted by atomic mass is 10.1. The molecule has 1 heterocycles. The number of hydrogen-bond donors (Lipinski definition) is 1. The Bertz CT molecular complexity index is 518. The van der Waals surface area contributed by atoms with Crippen LogP contribution in [0.15, 0.2) is 24.3 Å². The number of benzene rings is 1. The van der Waals surface area contributed by atoms with Gasteiger partial charge < -0.3 is 19.5 Å². The van der Waals surface area contributed by atoms with Gasteiger partial charge >= 0.3 is 0 Å². The molecule has 1 N–H and O–H groups in total. The Labute approximate surface area is 127 Å². The van der Waals surface area contributed by atoms with Crippen molar-refractivity contribution in [2.75, 3.05) is 13.4 Å². The molecule has 0 atom stereocenters. The van der Waals surface area contributed by atoms with E-state index < -0.39 is 0 Å². The summed E-state index contributed by atoms with van der Waals surface area (Å²) in [6.45, 7) is 13.9. The zero-order chi connectivity index (χ0) is 15.5. The molecule has 0 spiro atoms. The third-order valence-electron chi connectivity index (χ3n) is 3.15. The molecule has 4 heteroatoms. The van der Waals surface area contributed by atoms with Crippen molar-refractivity contribution >= 4 is 0 Å². The Hall–Kier alpha value is -1.68. The van der Waals surface area contributed by atoms with E-state index in [1.165, 1.54) is 0 Å². The van der Waals surface area contributed by atoms with Crippen molar-refractivity contribution in [3.63, 3.8) is 0 Å². The molecule has 0 saturated heterocycles. The average Bonchev–Trinajstić information content (AvgIpc) is 2.81. The van der Waals surface area contributed by atoms with Crippen molar-refractivity contribution in [3.8, 4) is 17.2 Å². The summed E-state index contributed by atoms with van der Waals surface area (Å²) < 4.78 is 16.8. The van der Waals surface area contributed by atoms with Crippen LogP contribution >= 0.6 is 0 Å². The topological polar surface area (TPSA) is 39.7 Å². The fraction of sp³-hybridized carbons (Fsp3) is 0.529. The minimum absolute atomic E-state index is 0.0470. The predicted molar refractivity (Wildman–Crippen MR) is 84.1 cm³/mol. The lowest BCUT2D eigenvalue weighted by molar-refractivity contribution is 0.173. The van der Waals surface area contributed by atoms with Crippen molar-refractivity contribution in [1.82, 2.24) is 5.32 Å². The number of nitrogens with one attached hydrogen (secondary N) is 1. The summed E-state index contributed by atoms with van der Waals surface area (Å²) in [5.74, 6) is 2.38. The van der Waals surface area contributed by atoms with Gasteiger partial charge in [-0.05, 0) is 33.8 Å². The van der Waals surface area contributed by atoms with Crippen LogP contribution in [0.3, 0.4) is 0 Å². The minimum atomic E-state index is 0.0470. The van der Waals surface area contributed by atoms with Crippen LogP contribution in [-0.4, -0.2) is 18.9 Å². The minimum Gasteiger partial charge on any atom is -0.493 e. The second-order valence-corrected chi connectivity index (χ2v) is 6.47. The van der Waals surface area contributed by atoms with Gasteiger partial charge in [0.05, 0.1) is 6.61 Å². The van der Waals surface area contributed by atoms with E-state index in [1.807, 2.05) is 19.1 Å². The summed E-state index contributed by atoms with van der Waals surface area (Å²) in [6.07, 6.45) is 0.848. The predicted octanol–water partition coefficient (Wildman–Crippen LogP) is 3.65. The van der Waals surface area contributed by atoms with Crippen LogP contribution in [0.2, 0.25) is 0 Å². The van der Waals surface area contributed by atoms with Gasteiger partial charge in [0, 0.05) is 30.1 Å². The van der Waals surface area contributed by atoms with E-state index in [1.54, 1.807) is 0 Å². The van der Waals surface area contributed by atoms with Crippen LogP contribution in [0, 0.1) is 0 Å². The Morgan fingerprint density at radius 1 is 1.29 bits per heavy atom. The monoisotopic (exact) mass is 291 g/mol. The van der Waals surface area contributed by atoms with E-state index in [0.29, 0.717) is 6.61 Å². The highest BCUT2D eigenvalue weighted by molar-refractivity contribution is 5.51. The fourth-order valence-corrected chi connectivity index (χ4v) is 1.93. The van der Waals surface area contributed by atoms with Crippen LogP contribution in [0.5, 0.6) is 17.2 Å². The number of fused-ring (bicyclic) bond motifs is 1. The van der Waals surface area contributed by atoms with E-state index in [2.05, 4.69) is 32.7 Å². The fourth-order valence-electron chi connectivity index (χ4n) is 1.93. The zero-order valence-electron chi connectivity index (χ0n) is 13.4. The van der Waals surface area contributed by atoms with E-state index in [-0.39, 0.29) is 12.3 Å². The van der Waals surface area contributed by atoms with Gasteiger partial charge in [-0.1, -0.05) is 5.57 Å². The SMILES string of the molecule is C=C(C)CCOc1cc2c(cc1CNC(C)(C)C)OCO2. The summed E-state index contributed by atoms with van der Waals surface area (Å²) >= 11 is 0. The number of hydrogen-bond acceptors (Lipinski definition) is 4. The van der Waals surface area contributed by atoms with E-state index in [4.69, 9.17) is 14.2 Å². The smallest absolute Gasteiger partial charge is 0.231 e. The summed E-state index contributed by atoms with van der Waals surface area (Å²) in [5, 5.41) is 3.48. The standard InChI is InChI=1S/C17H25NO3/c1-12(2)6-7-19-14-9-16-15(20-11-21-16)8-13(14)10-18-17(3,4)5/h8-9,18H,1,6-7,10-11H2,2-5H3. The van der Waals surface area contributed by atoms with Gasteiger partial charge in [0.1, 0.15) is 5.75 Å². The summed E-state index contributed by atoms with van der Waals surface area (Å²) in [7, 11) is 0. The van der Waals surface area contributed by atoms with Crippen LogP contribution < -0.4 is 19.5 Å². The highest BCUT2D eigenvalue weighted by Gasteiger charge is 2.19. The molecule has 4 nitrogen and oxygen atoms in total. The molecule has 0 saturated carbocycles. The van der Waals surface area contributed by atoms with Crippen molar-refractivity contribution in [1.29, 1.82) is 0 Å². The van der Waals surface area contributed by atoms with Gasteiger partial charge in [0.15, 0.2) is 11.5 Å². The summed E-state index contributed by atoms with van der Waals surface area (Å²) in [4.78, 5) is 0. The van der Waals surface area contributed by atoms with Crippen molar-refractivity contribution in [3.05, 3.63) is 29.8 Å².